The summed E-state index contributed by atoms with van der Waals surface area (Å²) in [5.74, 6) is -0.373. The van der Waals surface area contributed by atoms with Crippen molar-refractivity contribution in [3.8, 4) is 0 Å². The number of thiophene rings is 1. The van der Waals surface area contributed by atoms with Crippen molar-refractivity contribution < 1.29 is 13.2 Å². The van der Waals surface area contributed by atoms with Gasteiger partial charge in [0.1, 0.15) is 4.21 Å². The molecule has 0 atom stereocenters. The van der Waals surface area contributed by atoms with Gasteiger partial charge in [-0.05, 0) is 43.0 Å². The predicted molar refractivity (Wildman–Crippen MR) is 98.1 cm³/mol. The van der Waals surface area contributed by atoms with Gasteiger partial charge < -0.3 is 5.32 Å². The molecule has 0 aliphatic rings. The Hall–Kier alpha value is -1.70. The van der Waals surface area contributed by atoms with Crippen molar-refractivity contribution in [2.24, 2.45) is 0 Å². The average Bonchev–Trinajstić information content (AvgIpc) is 3.00. The van der Waals surface area contributed by atoms with Crippen molar-refractivity contribution in [3.05, 3.63) is 46.3 Å². The molecule has 0 radical (unpaired) electrons. The SMILES string of the molecule is CCc1cccc(CC)c1NC(=O)CNS(=O)(=O)c1ccc(C)s1. The number of hydrogen-bond acceptors (Lipinski definition) is 4. The van der Waals surface area contributed by atoms with Crippen LogP contribution < -0.4 is 10.0 Å². The molecule has 0 fully saturated rings. The average molecular weight is 367 g/mol. The third-order valence-corrected chi connectivity index (χ3v) is 6.56. The van der Waals surface area contributed by atoms with Crippen LogP contribution >= 0.6 is 11.3 Å². The largest absolute Gasteiger partial charge is 0.324 e. The van der Waals surface area contributed by atoms with Crippen LogP contribution in [0, 0.1) is 6.92 Å². The van der Waals surface area contributed by atoms with Crippen LogP contribution in [0.5, 0.6) is 0 Å². The quantitative estimate of drug-likeness (QED) is 0.791. The molecule has 5 nitrogen and oxygen atoms in total. The highest BCUT2D eigenvalue weighted by Gasteiger charge is 2.18. The topological polar surface area (TPSA) is 75.3 Å². The highest BCUT2D eigenvalue weighted by Crippen LogP contribution is 2.23. The number of para-hydroxylation sites is 1. The minimum atomic E-state index is -3.65. The number of benzene rings is 1. The number of hydrogen-bond donors (Lipinski definition) is 2. The minimum Gasteiger partial charge on any atom is -0.324 e. The van der Waals surface area contributed by atoms with Crippen molar-refractivity contribution in [2.75, 3.05) is 11.9 Å². The van der Waals surface area contributed by atoms with E-state index in [1.54, 1.807) is 12.1 Å². The molecular formula is C17H22N2O3S2. The van der Waals surface area contributed by atoms with Gasteiger partial charge in [0.15, 0.2) is 0 Å². The molecular weight excluding hydrogens is 344 g/mol. The van der Waals surface area contributed by atoms with E-state index in [2.05, 4.69) is 10.0 Å². The van der Waals surface area contributed by atoms with Gasteiger partial charge in [0.05, 0.1) is 6.54 Å². The molecule has 130 valence electrons. The zero-order chi connectivity index (χ0) is 17.7. The van der Waals surface area contributed by atoms with Crippen LogP contribution in [-0.2, 0) is 27.7 Å². The molecule has 0 bridgehead atoms. The lowest BCUT2D eigenvalue weighted by Crippen LogP contribution is -2.33. The number of anilines is 1. The Morgan fingerprint density at radius 2 is 1.71 bits per heavy atom. The molecule has 0 saturated heterocycles. The first-order valence-electron chi connectivity index (χ1n) is 7.84. The fourth-order valence-electron chi connectivity index (χ4n) is 2.37. The van der Waals surface area contributed by atoms with Gasteiger partial charge in [0.25, 0.3) is 10.0 Å². The summed E-state index contributed by atoms with van der Waals surface area (Å²) in [6.07, 6.45) is 1.59. The van der Waals surface area contributed by atoms with E-state index in [9.17, 15) is 13.2 Å². The smallest absolute Gasteiger partial charge is 0.250 e. The number of amides is 1. The molecule has 1 amide bonds. The lowest BCUT2D eigenvalue weighted by atomic mass is 10.0. The van der Waals surface area contributed by atoms with E-state index in [1.165, 1.54) is 11.3 Å². The van der Waals surface area contributed by atoms with Crippen LogP contribution in [0.25, 0.3) is 0 Å². The van der Waals surface area contributed by atoms with Gasteiger partial charge in [-0.1, -0.05) is 32.0 Å². The Labute approximate surface area is 147 Å². The van der Waals surface area contributed by atoms with E-state index in [1.807, 2.05) is 39.0 Å². The summed E-state index contributed by atoms with van der Waals surface area (Å²) in [6.45, 7) is 5.59. The summed E-state index contributed by atoms with van der Waals surface area (Å²) in [5, 5.41) is 2.85. The Kier molecular flexibility index (Phi) is 6.15. The first-order chi connectivity index (χ1) is 11.4. The van der Waals surface area contributed by atoms with Crippen LogP contribution in [0.4, 0.5) is 5.69 Å². The Bertz CT molecular complexity index is 804. The number of carbonyl (C=O) groups excluding carboxylic acids is 1. The molecule has 7 heteroatoms. The Morgan fingerprint density at radius 1 is 1.08 bits per heavy atom. The fourth-order valence-corrected chi connectivity index (χ4v) is 4.68. The zero-order valence-electron chi connectivity index (χ0n) is 14.0. The van der Waals surface area contributed by atoms with E-state index in [0.29, 0.717) is 0 Å². The number of rotatable bonds is 7. The number of sulfonamides is 1. The maximum atomic E-state index is 12.2. The molecule has 1 aromatic carbocycles. The van der Waals surface area contributed by atoms with Crippen LogP contribution in [0.1, 0.15) is 29.9 Å². The number of nitrogens with one attached hydrogen (secondary N) is 2. The van der Waals surface area contributed by atoms with Gasteiger partial charge in [-0.2, -0.15) is 0 Å². The Balaban J connectivity index is 2.07. The first kappa shape index (κ1) is 18.6. The standard InChI is InChI=1S/C17H22N2O3S2/c1-4-13-7-6-8-14(5-2)17(13)19-15(20)11-18-24(21,22)16-10-9-12(3)23-16/h6-10,18H,4-5,11H2,1-3H3,(H,19,20). The lowest BCUT2D eigenvalue weighted by molar-refractivity contribution is -0.115. The van der Waals surface area contributed by atoms with Gasteiger partial charge >= 0.3 is 0 Å². The van der Waals surface area contributed by atoms with E-state index in [-0.39, 0.29) is 16.7 Å². The lowest BCUT2D eigenvalue weighted by Gasteiger charge is -2.14. The van der Waals surface area contributed by atoms with Gasteiger partial charge in [-0.15, -0.1) is 11.3 Å². The summed E-state index contributed by atoms with van der Waals surface area (Å²) in [4.78, 5) is 13.1. The van der Waals surface area contributed by atoms with E-state index in [4.69, 9.17) is 0 Å². The third kappa shape index (κ3) is 4.43. The summed E-state index contributed by atoms with van der Waals surface area (Å²) < 4.78 is 26.9. The van der Waals surface area contributed by atoms with Crippen molar-refractivity contribution in [3.63, 3.8) is 0 Å². The van der Waals surface area contributed by atoms with Crippen LogP contribution in [0.15, 0.2) is 34.5 Å². The molecule has 1 heterocycles. The summed E-state index contributed by atoms with van der Waals surface area (Å²) >= 11 is 1.18. The second-order valence-corrected chi connectivity index (χ2v) is 8.68. The van der Waals surface area contributed by atoms with Crippen molar-refractivity contribution >= 4 is 33.0 Å². The van der Waals surface area contributed by atoms with Gasteiger partial charge in [0, 0.05) is 10.6 Å². The second kappa shape index (κ2) is 7.92. The number of aryl methyl sites for hydroxylation is 3. The first-order valence-corrected chi connectivity index (χ1v) is 10.1. The van der Waals surface area contributed by atoms with E-state index >= 15 is 0 Å². The fraction of sp³-hybridized carbons (Fsp3) is 0.353. The summed E-state index contributed by atoms with van der Waals surface area (Å²) in [5.41, 5.74) is 2.87. The molecule has 2 aromatic rings. The highest BCUT2D eigenvalue weighted by molar-refractivity contribution is 7.91. The summed E-state index contributed by atoms with van der Waals surface area (Å²) in [6, 6.07) is 9.18. The molecule has 0 unspecified atom stereocenters. The molecule has 2 rings (SSSR count). The monoisotopic (exact) mass is 366 g/mol. The van der Waals surface area contributed by atoms with Gasteiger partial charge in [0.2, 0.25) is 5.91 Å². The second-order valence-electron chi connectivity index (χ2n) is 5.40. The van der Waals surface area contributed by atoms with Gasteiger partial charge in [-0.25, -0.2) is 13.1 Å². The van der Waals surface area contributed by atoms with Gasteiger partial charge in [-0.3, -0.25) is 4.79 Å². The Morgan fingerprint density at radius 3 is 2.21 bits per heavy atom. The molecule has 0 spiro atoms. The molecule has 2 N–H and O–H groups in total. The number of carbonyl (C=O) groups is 1. The minimum absolute atomic E-state index is 0.219. The molecule has 0 saturated carbocycles. The highest BCUT2D eigenvalue weighted by atomic mass is 32.2. The molecule has 24 heavy (non-hydrogen) atoms. The van der Waals surface area contributed by atoms with Crippen LogP contribution in [0.3, 0.4) is 0 Å². The predicted octanol–water partition coefficient (Wildman–Crippen LogP) is 3.10. The molecule has 0 aliphatic carbocycles. The van der Waals surface area contributed by atoms with E-state index < -0.39 is 10.0 Å². The van der Waals surface area contributed by atoms with Crippen molar-refractivity contribution in [2.45, 2.75) is 37.8 Å². The normalized spacial score (nSPS) is 11.5. The van der Waals surface area contributed by atoms with E-state index in [0.717, 1.165) is 34.5 Å². The molecule has 0 aliphatic heterocycles. The maximum absolute atomic E-state index is 12.2. The van der Waals surface area contributed by atoms with Crippen molar-refractivity contribution in [1.29, 1.82) is 0 Å². The van der Waals surface area contributed by atoms with Crippen molar-refractivity contribution in [1.82, 2.24) is 4.72 Å². The zero-order valence-corrected chi connectivity index (χ0v) is 15.7. The van der Waals surface area contributed by atoms with Crippen LogP contribution in [-0.4, -0.2) is 20.9 Å². The third-order valence-electron chi connectivity index (χ3n) is 3.67. The molecule has 1 aromatic heterocycles. The maximum Gasteiger partial charge on any atom is 0.250 e. The van der Waals surface area contributed by atoms with Crippen LogP contribution in [0.2, 0.25) is 0 Å². The summed E-state index contributed by atoms with van der Waals surface area (Å²) in [7, 11) is -3.65.